The van der Waals surface area contributed by atoms with Crippen LogP contribution >= 0.6 is 10.7 Å². The average Bonchev–Trinajstić information content (AvgIpc) is 2.54. The van der Waals surface area contributed by atoms with Crippen molar-refractivity contribution in [3.8, 4) is 0 Å². The highest BCUT2D eigenvalue weighted by Gasteiger charge is 2.24. The normalized spacial score (nSPS) is 14.1. The smallest absolute Gasteiger partial charge is 0.261 e. The van der Waals surface area contributed by atoms with Crippen molar-refractivity contribution in [1.82, 2.24) is 0 Å². The third-order valence-corrected chi connectivity index (χ3v) is 5.80. The molecule has 0 bridgehead atoms. The van der Waals surface area contributed by atoms with Gasteiger partial charge in [-0.15, -0.1) is 0 Å². The summed E-state index contributed by atoms with van der Waals surface area (Å²) in [6, 6.07) is 10.5. The Balaban J connectivity index is 2.01. The van der Waals surface area contributed by atoms with Crippen LogP contribution in [-0.4, -0.2) is 14.3 Å². The Bertz CT molecular complexity index is 906. The zero-order chi connectivity index (χ0) is 17.3. The second-order valence-corrected chi connectivity index (χ2v) is 8.52. The molecule has 0 saturated carbocycles. The number of carbonyl (C=O) groups is 1. The van der Waals surface area contributed by atoms with Gasteiger partial charge in [0.05, 0.1) is 4.90 Å². The van der Waals surface area contributed by atoms with Crippen molar-refractivity contribution in [1.29, 1.82) is 0 Å². The molecule has 0 saturated heterocycles. The van der Waals surface area contributed by atoms with Crippen LogP contribution in [0.15, 0.2) is 41.3 Å². The molecule has 3 rings (SSSR count). The number of hydrogen-bond donors (Lipinski definition) is 1. The zero-order valence-corrected chi connectivity index (χ0v) is 14.9. The first kappa shape index (κ1) is 17.0. The van der Waals surface area contributed by atoms with Crippen molar-refractivity contribution in [3.05, 3.63) is 58.7 Å². The van der Waals surface area contributed by atoms with Crippen LogP contribution in [0.25, 0.3) is 0 Å². The number of nitrogens with one attached hydrogen (secondary N) is 1. The molecule has 0 radical (unpaired) electrons. The minimum atomic E-state index is -3.79. The summed E-state index contributed by atoms with van der Waals surface area (Å²) in [5.74, 6) is -0.192. The predicted octanol–water partition coefficient (Wildman–Crippen LogP) is 4.05. The lowest BCUT2D eigenvalue weighted by Crippen LogP contribution is -2.17. The van der Waals surface area contributed by atoms with Gasteiger partial charge in [0.15, 0.2) is 0 Å². The lowest BCUT2D eigenvalue weighted by Gasteiger charge is -2.22. The molecule has 0 aromatic heterocycles. The van der Waals surface area contributed by atoms with E-state index in [2.05, 4.69) is 5.32 Å². The maximum atomic E-state index is 12.5. The molecule has 0 heterocycles. The molecule has 24 heavy (non-hydrogen) atoms. The van der Waals surface area contributed by atoms with Crippen LogP contribution in [0.4, 0.5) is 5.69 Å². The van der Waals surface area contributed by atoms with Gasteiger partial charge in [0.25, 0.3) is 15.0 Å². The summed E-state index contributed by atoms with van der Waals surface area (Å²) in [4.78, 5) is 12.7. The van der Waals surface area contributed by atoms with Crippen LogP contribution in [-0.2, 0) is 21.9 Å². The first-order valence-corrected chi connectivity index (χ1v) is 10.2. The highest BCUT2D eigenvalue weighted by Crippen LogP contribution is 2.34. The van der Waals surface area contributed by atoms with Crippen LogP contribution in [0.5, 0.6) is 0 Å². The summed E-state index contributed by atoms with van der Waals surface area (Å²) < 4.78 is 23.6. The minimum absolute atomic E-state index is 0.160. The Kier molecular flexibility index (Phi) is 4.65. The quantitative estimate of drug-likeness (QED) is 0.836. The molecule has 126 valence electrons. The van der Waals surface area contributed by atoms with Gasteiger partial charge in [0.1, 0.15) is 0 Å². The lowest BCUT2D eigenvalue weighted by molar-refractivity contribution is 0.102. The van der Waals surface area contributed by atoms with Crippen molar-refractivity contribution in [2.45, 2.75) is 37.5 Å². The molecule has 2 aromatic rings. The number of fused-ring (bicyclic) bond motifs is 1. The van der Waals surface area contributed by atoms with Crippen molar-refractivity contribution >= 4 is 31.3 Å². The van der Waals surface area contributed by atoms with E-state index in [9.17, 15) is 13.2 Å². The van der Waals surface area contributed by atoms with Gasteiger partial charge in [-0.05, 0) is 67.5 Å². The number of carbonyl (C=O) groups excluding carboxylic acids is 1. The number of aryl methyl sites for hydroxylation is 1. The van der Waals surface area contributed by atoms with Gasteiger partial charge in [-0.3, -0.25) is 4.79 Å². The summed E-state index contributed by atoms with van der Waals surface area (Å²) in [6.45, 7) is 1.88. The Morgan fingerprint density at radius 2 is 1.71 bits per heavy atom. The molecule has 1 N–H and O–H groups in total. The van der Waals surface area contributed by atoms with Crippen molar-refractivity contribution in [2.24, 2.45) is 0 Å². The molecule has 6 heteroatoms. The van der Waals surface area contributed by atoms with Gasteiger partial charge in [-0.25, -0.2) is 8.42 Å². The molecule has 4 nitrogen and oxygen atoms in total. The molecule has 1 aliphatic rings. The monoisotopic (exact) mass is 363 g/mol. The highest BCUT2D eigenvalue weighted by molar-refractivity contribution is 8.13. The summed E-state index contributed by atoms with van der Waals surface area (Å²) in [6.07, 6.45) is 3.28. The first-order valence-electron chi connectivity index (χ1n) is 7.84. The van der Waals surface area contributed by atoms with Crippen LogP contribution in [0.3, 0.4) is 0 Å². The predicted molar refractivity (Wildman–Crippen MR) is 95.3 cm³/mol. The largest absolute Gasteiger partial charge is 0.322 e. The number of benzene rings is 2. The first-order chi connectivity index (χ1) is 11.4. The van der Waals surface area contributed by atoms with E-state index in [0.29, 0.717) is 17.7 Å². The van der Waals surface area contributed by atoms with E-state index in [0.717, 1.165) is 36.0 Å². The van der Waals surface area contributed by atoms with E-state index in [1.807, 2.05) is 25.1 Å². The minimum Gasteiger partial charge on any atom is -0.322 e. The van der Waals surface area contributed by atoms with E-state index in [1.54, 1.807) is 12.1 Å². The Labute approximate surface area is 146 Å². The molecule has 0 unspecified atom stereocenters. The highest BCUT2D eigenvalue weighted by atomic mass is 35.7. The molecular formula is C18H18ClNO3S. The Morgan fingerprint density at radius 3 is 2.38 bits per heavy atom. The number of anilines is 1. The molecule has 0 aliphatic heterocycles. The second-order valence-electron chi connectivity index (χ2n) is 5.98. The van der Waals surface area contributed by atoms with E-state index >= 15 is 0 Å². The standard InChI is InChI=1S/C18H18ClNO3S/c1-12-6-2-3-7-13(12)18(21)20-16-10-11-17(24(19,22)23)15-9-5-4-8-14(15)16/h2-3,6-7,10-11H,4-5,8-9H2,1H3,(H,20,21). The molecule has 0 fully saturated rings. The van der Waals surface area contributed by atoms with Gasteiger partial charge in [-0.2, -0.15) is 0 Å². The molecule has 1 aliphatic carbocycles. The molecule has 0 spiro atoms. The van der Waals surface area contributed by atoms with Gasteiger partial charge in [0, 0.05) is 21.9 Å². The summed E-state index contributed by atoms with van der Waals surface area (Å²) in [5.41, 5.74) is 3.78. The summed E-state index contributed by atoms with van der Waals surface area (Å²) in [5, 5.41) is 2.93. The fourth-order valence-corrected chi connectivity index (χ4v) is 4.38. The molecule has 0 atom stereocenters. The third kappa shape index (κ3) is 3.32. The Hall–Kier alpha value is -1.85. The van der Waals surface area contributed by atoms with Crippen LogP contribution in [0, 0.1) is 6.92 Å². The van der Waals surface area contributed by atoms with Crippen molar-refractivity contribution in [3.63, 3.8) is 0 Å². The van der Waals surface area contributed by atoms with Gasteiger partial charge in [-0.1, -0.05) is 18.2 Å². The summed E-state index contributed by atoms with van der Waals surface area (Å²) in [7, 11) is 1.77. The number of hydrogen-bond acceptors (Lipinski definition) is 3. The average molecular weight is 364 g/mol. The fraction of sp³-hybridized carbons (Fsp3) is 0.278. The lowest BCUT2D eigenvalue weighted by atomic mass is 9.90. The Morgan fingerprint density at radius 1 is 1.04 bits per heavy atom. The summed E-state index contributed by atoms with van der Waals surface area (Å²) >= 11 is 0. The van der Waals surface area contributed by atoms with E-state index < -0.39 is 9.05 Å². The van der Waals surface area contributed by atoms with E-state index in [-0.39, 0.29) is 10.8 Å². The van der Waals surface area contributed by atoms with Crippen LogP contribution in [0.2, 0.25) is 0 Å². The maximum absolute atomic E-state index is 12.5. The topological polar surface area (TPSA) is 63.2 Å². The SMILES string of the molecule is Cc1ccccc1C(=O)Nc1ccc(S(=O)(=O)Cl)c2c1CCCC2. The molecule has 1 amide bonds. The van der Waals surface area contributed by atoms with Crippen molar-refractivity contribution < 1.29 is 13.2 Å². The number of halogens is 1. The third-order valence-electron chi connectivity index (χ3n) is 4.39. The van der Waals surface area contributed by atoms with Gasteiger partial charge < -0.3 is 5.32 Å². The van der Waals surface area contributed by atoms with E-state index in [1.165, 1.54) is 6.07 Å². The van der Waals surface area contributed by atoms with Gasteiger partial charge in [0.2, 0.25) is 0 Å². The number of amides is 1. The van der Waals surface area contributed by atoms with Crippen LogP contribution in [0.1, 0.15) is 39.9 Å². The maximum Gasteiger partial charge on any atom is 0.261 e. The fourth-order valence-electron chi connectivity index (χ4n) is 3.20. The van der Waals surface area contributed by atoms with Crippen LogP contribution < -0.4 is 5.32 Å². The van der Waals surface area contributed by atoms with Crippen molar-refractivity contribution in [2.75, 3.05) is 5.32 Å². The van der Waals surface area contributed by atoms with Gasteiger partial charge >= 0.3 is 0 Å². The second kappa shape index (κ2) is 6.57. The number of rotatable bonds is 3. The molecular weight excluding hydrogens is 346 g/mol. The molecule has 2 aromatic carbocycles. The zero-order valence-electron chi connectivity index (χ0n) is 13.3. The van der Waals surface area contributed by atoms with E-state index in [4.69, 9.17) is 10.7 Å².